The molecule has 2 rings (SSSR count). The summed E-state index contributed by atoms with van der Waals surface area (Å²) in [5, 5.41) is 7.62. The summed E-state index contributed by atoms with van der Waals surface area (Å²) in [6.45, 7) is 4.32. The monoisotopic (exact) mass is 290 g/mol. The minimum atomic E-state index is 0.247. The topological polar surface area (TPSA) is 50.7 Å². The summed E-state index contributed by atoms with van der Waals surface area (Å²) in [5.41, 5.74) is 3.51. The molecule has 0 bridgehead atoms. The molecular weight excluding hydrogens is 268 g/mol. The summed E-state index contributed by atoms with van der Waals surface area (Å²) in [4.78, 5) is 5.79. The first-order chi connectivity index (χ1) is 9.78. The van der Waals surface area contributed by atoms with Gasteiger partial charge in [0.05, 0.1) is 16.6 Å². The van der Waals surface area contributed by atoms with Crippen molar-refractivity contribution >= 4 is 11.5 Å². The predicted octanol–water partition coefficient (Wildman–Crippen LogP) is 2.95. The molecule has 0 spiro atoms. The number of aromatic nitrogens is 3. The van der Waals surface area contributed by atoms with Crippen molar-refractivity contribution in [3.63, 3.8) is 0 Å². The Balaban J connectivity index is 2.13. The van der Waals surface area contributed by atoms with Crippen LogP contribution in [0.5, 0.6) is 0 Å². The zero-order valence-corrected chi connectivity index (χ0v) is 13.2. The number of hydrogen-bond donors (Lipinski definition) is 1. The highest BCUT2D eigenvalue weighted by atomic mass is 32.1. The summed E-state index contributed by atoms with van der Waals surface area (Å²) in [5.74, 6) is 0. The van der Waals surface area contributed by atoms with Crippen molar-refractivity contribution in [3.8, 4) is 0 Å². The lowest BCUT2D eigenvalue weighted by molar-refractivity contribution is 0.585. The third-order valence-electron chi connectivity index (χ3n) is 3.44. The molecule has 0 aromatic carbocycles. The van der Waals surface area contributed by atoms with Gasteiger partial charge in [-0.3, -0.25) is 4.98 Å². The van der Waals surface area contributed by atoms with Crippen LogP contribution in [0, 0.1) is 0 Å². The second kappa shape index (κ2) is 7.45. The molecule has 1 N–H and O–H groups in total. The van der Waals surface area contributed by atoms with Gasteiger partial charge in [-0.05, 0) is 43.1 Å². The van der Waals surface area contributed by atoms with Gasteiger partial charge in [0.1, 0.15) is 0 Å². The van der Waals surface area contributed by atoms with E-state index in [9.17, 15) is 0 Å². The van der Waals surface area contributed by atoms with E-state index in [0.717, 1.165) is 37.1 Å². The van der Waals surface area contributed by atoms with E-state index in [-0.39, 0.29) is 6.04 Å². The van der Waals surface area contributed by atoms with Crippen LogP contribution in [0.25, 0.3) is 0 Å². The first kappa shape index (κ1) is 15.1. The molecule has 4 nitrogen and oxygen atoms in total. The molecule has 0 saturated carbocycles. The van der Waals surface area contributed by atoms with E-state index in [4.69, 9.17) is 0 Å². The Hall–Kier alpha value is -1.33. The normalized spacial score (nSPS) is 12.6. The average molecular weight is 290 g/mol. The molecular formula is C15H22N4S. The number of pyridine rings is 1. The molecule has 0 aliphatic carbocycles. The lowest BCUT2D eigenvalue weighted by atomic mass is 10.1. The molecule has 20 heavy (non-hydrogen) atoms. The standard InChI is InChI=1S/C15H22N4S/c1-4-6-13-15(20-19-18-13)14(16-3)9-12-8-7-11(5-2)10-17-12/h7-8,10,14,16H,4-6,9H2,1-3H3. The maximum Gasteiger partial charge on any atom is 0.0803 e. The molecule has 5 heteroatoms. The van der Waals surface area contributed by atoms with Gasteiger partial charge in [-0.1, -0.05) is 30.8 Å². The van der Waals surface area contributed by atoms with Gasteiger partial charge in [0.15, 0.2) is 0 Å². The number of hydrogen-bond acceptors (Lipinski definition) is 5. The highest BCUT2D eigenvalue weighted by molar-refractivity contribution is 7.05. The zero-order valence-electron chi connectivity index (χ0n) is 12.4. The lowest BCUT2D eigenvalue weighted by Crippen LogP contribution is -2.19. The minimum Gasteiger partial charge on any atom is -0.312 e. The number of nitrogens with zero attached hydrogens (tertiary/aromatic N) is 3. The van der Waals surface area contributed by atoms with E-state index in [0.29, 0.717) is 0 Å². The second-order valence-electron chi connectivity index (χ2n) is 4.89. The Morgan fingerprint density at radius 1 is 1.30 bits per heavy atom. The van der Waals surface area contributed by atoms with Crippen LogP contribution in [0.4, 0.5) is 0 Å². The number of nitrogens with one attached hydrogen (secondary N) is 1. The summed E-state index contributed by atoms with van der Waals surface area (Å²) in [6.07, 6.45) is 5.97. The van der Waals surface area contributed by atoms with Crippen LogP contribution in [0.3, 0.4) is 0 Å². The summed E-state index contributed by atoms with van der Waals surface area (Å²) >= 11 is 1.50. The van der Waals surface area contributed by atoms with Crippen molar-refractivity contribution < 1.29 is 0 Å². The Morgan fingerprint density at radius 2 is 2.15 bits per heavy atom. The summed E-state index contributed by atoms with van der Waals surface area (Å²) < 4.78 is 4.11. The Morgan fingerprint density at radius 3 is 2.75 bits per heavy atom. The predicted molar refractivity (Wildman–Crippen MR) is 83.0 cm³/mol. The van der Waals surface area contributed by atoms with Crippen LogP contribution in [-0.4, -0.2) is 21.6 Å². The third kappa shape index (κ3) is 3.61. The molecule has 0 aliphatic heterocycles. The number of likely N-dealkylation sites (N-methyl/N-ethyl adjacent to an activating group) is 1. The molecule has 108 valence electrons. The minimum absolute atomic E-state index is 0.247. The van der Waals surface area contributed by atoms with Crippen molar-refractivity contribution in [2.24, 2.45) is 0 Å². The molecule has 2 aromatic rings. The summed E-state index contributed by atoms with van der Waals surface area (Å²) in [6, 6.07) is 4.53. The van der Waals surface area contributed by atoms with Crippen LogP contribution >= 0.6 is 11.5 Å². The summed E-state index contributed by atoms with van der Waals surface area (Å²) in [7, 11) is 1.99. The molecule has 0 saturated heterocycles. The van der Waals surface area contributed by atoms with Gasteiger partial charge in [0, 0.05) is 18.3 Å². The first-order valence-electron chi connectivity index (χ1n) is 7.20. The van der Waals surface area contributed by atoms with E-state index in [1.807, 2.05) is 13.2 Å². The van der Waals surface area contributed by atoms with Gasteiger partial charge < -0.3 is 5.32 Å². The van der Waals surface area contributed by atoms with E-state index < -0.39 is 0 Å². The molecule has 0 radical (unpaired) electrons. The van der Waals surface area contributed by atoms with E-state index >= 15 is 0 Å². The van der Waals surface area contributed by atoms with Gasteiger partial charge in [-0.15, -0.1) is 5.10 Å². The lowest BCUT2D eigenvalue weighted by Gasteiger charge is -2.15. The molecule has 0 fully saturated rings. The second-order valence-corrected chi connectivity index (χ2v) is 5.68. The van der Waals surface area contributed by atoms with Gasteiger partial charge >= 0.3 is 0 Å². The molecule has 1 unspecified atom stereocenters. The maximum absolute atomic E-state index is 4.55. The van der Waals surface area contributed by atoms with Crippen molar-refractivity contribution in [2.45, 2.75) is 45.6 Å². The fraction of sp³-hybridized carbons (Fsp3) is 0.533. The van der Waals surface area contributed by atoms with Gasteiger partial charge in [-0.25, -0.2) is 0 Å². The molecule has 0 amide bonds. The quantitative estimate of drug-likeness (QED) is 0.852. The largest absolute Gasteiger partial charge is 0.312 e. The Labute approximate surface area is 124 Å². The van der Waals surface area contributed by atoms with Crippen LogP contribution < -0.4 is 5.32 Å². The first-order valence-corrected chi connectivity index (χ1v) is 7.98. The maximum atomic E-state index is 4.55. The fourth-order valence-electron chi connectivity index (χ4n) is 2.21. The van der Waals surface area contributed by atoms with Crippen LogP contribution in [0.1, 0.15) is 48.1 Å². The number of rotatable bonds is 7. The van der Waals surface area contributed by atoms with E-state index in [2.05, 4.69) is 45.9 Å². The van der Waals surface area contributed by atoms with Crippen LogP contribution in [-0.2, 0) is 19.3 Å². The molecule has 1 atom stereocenters. The van der Waals surface area contributed by atoms with Crippen molar-refractivity contribution in [2.75, 3.05) is 7.05 Å². The molecule has 0 aliphatic rings. The van der Waals surface area contributed by atoms with Gasteiger partial charge in [-0.2, -0.15) is 0 Å². The number of aryl methyl sites for hydroxylation is 2. The zero-order chi connectivity index (χ0) is 14.4. The third-order valence-corrected chi connectivity index (χ3v) is 4.32. The Kier molecular flexibility index (Phi) is 5.61. The van der Waals surface area contributed by atoms with Crippen molar-refractivity contribution in [1.29, 1.82) is 0 Å². The Bertz CT molecular complexity index is 521. The van der Waals surface area contributed by atoms with Gasteiger partial charge in [0.2, 0.25) is 0 Å². The van der Waals surface area contributed by atoms with Crippen molar-refractivity contribution in [1.82, 2.24) is 19.9 Å². The van der Waals surface area contributed by atoms with Crippen LogP contribution in [0.2, 0.25) is 0 Å². The highest BCUT2D eigenvalue weighted by Gasteiger charge is 2.18. The highest BCUT2D eigenvalue weighted by Crippen LogP contribution is 2.24. The van der Waals surface area contributed by atoms with E-state index in [1.54, 1.807) is 0 Å². The fourth-order valence-corrected chi connectivity index (χ4v) is 3.01. The molecule has 2 aromatic heterocycles. The SMILES string of the molecule is CCCc1nnsc1C(Cc1ccc(CC)cn1)NC. The smallest absolute Gasteiger partial charge is 0.0803 e. The molecule has 2 heterocycles. The van der Waals surface area contributed by atoms with Crippen molar-refractivity contribution in [3.05, 3.63) is 40.2 Å². The van der Waals surface area contributed by atoms with Crippen LogP contribution in [0.15, 0.2) is 18.3 Å². The van der Waals surface area contributed by atoms with Gasteiger partial charge in [0.25, 0.3) is 0 Å². The van der Waals surface area contributed by atoms with E-state index in [1.165, 1.54) is 22.0 Å². The average Bonchev–Trinajstić information content (AvgIpc) is 2.94.